The summed E-state index contributed by atoms with van der Waals surface area (Å²) in [6, 6.07) is 0. The molecule has 17 nitrogen and oxygen atoms in total. The number of esters is 4. The average molecular weight is 1450 g/mol. The van der Waals surface area contributed by atoms with E-state index in [1.165, 1.54) is 51.4 Å². The van der Waals surface area contributed by atoms with Crippen LogP contribution in [0.15, 0.2) is 122 Å². The van der Waals surface area contributed by atoms with Crippen molar-refractivity contribution >= 4 is 39.5 Å². The number of hydrogen-bond donors (Lipinski definition) is 3. The van der Waals surface area contributed by atoms with Crippen LogP contribution in [0.5, 0.6) is 0 Å². The molecular weight excluding hydrogens is 1310 g/mol. The first kappa shape index (κ1) is 95.5. The van der Waals surface area contributed by atoms with Crippen molar-refractivity contribution in [3.05, 3.63) is 122 Å². The molecule has 0 aliphatic rings. The highest BCUT2D eigenvalue weighted by Gasteiger charge is 2.30. The van der Waals surface area contributed by atoms with E-state index in [2.05, 4.69) is 137 Å². The average Bonchev–Trinajstić information content (AvgIpc) is 0.943. The lowest BCUT2D eigenvalue weighted by molar-refractivity contribution is -0.161. The molecule has 5 unspecified atom stereocenters. The van der Waals surface area contributed by atoms with E-state index in [0.717, 1.165) is 173 Å². The molecule has 5 atom stereocenters. The van der Waals surface area contributed by atoms with E-state index in [9.17, 15) is 43.2 Å². The minimum Gasteiger partial charge on any atom is -0.462 e. The molecule has 0 saturated carbocycles. The first-order valence-corrected chi connectivity index (χ1v) is 41.8. The molecule has 0 heterocycles. The number of rotatable bonds is 72. The summed E-state index contributed by atoms with van der Waals surface area (Å²) >= 11 is 0. The Morgan fingerprint density at radius 2 is 0.550 bits per heavy atom. The predicted molar refractivity (Wildman–Crippen MR) is 408 cm³/mol. The highest BCUT2D eigenvalue weighted by Crippen LogP contribution is 2.45. The van der Waals surface area contributed by atoms with Crippen LogP contribution in [0.25, 0.3) is 0 Å². The summed E-state index contributed by atoms with van der Waals surface area (Å²) in [7, 11) is -9.97. The number of allylic oxidation sites excluding steroid dienone is 20. The zero-order valence-corrected chi connectivity index (χ0v) is 64.4. The Morgan fingerprint density at radius 3 is 0.880 bits per heavy atom. The van der Waals surface area contributed by atoms with Crippen molar-refractivity contribution in [1.82, 2.24) is 0 Å². The fourth-order valence-electron chi connectivity index (χ4n) is 10.1. The molecular formula is C81H138O17P2. The molecule has 0 bridgehead atoms. The molecule has 100 heavy (non-hydrogen) atoms. The lowest BCUT2D eigenvalue weighted by Gasteiger charge is -2.21. The minimum absolute atomic E-state index is 0.0738. The van der Waals surface area contributed by atoms with Crippen molar-refractivity contribution in [3.8, 4) is 0 Å². The first-order chi connectivity index (χ1) is 48.7. The van der Waals surface area contributed by atoms with Crippen LogP contribution in [0.4, 0.5) is 0 Å². The van der Waals surface area contributed by atoms with Crippen molar-refractivity contribution in [3.63, 3.8) is 0 Å². The number of carbonyl (C=O) groups excluding carboxylic acids is 4. The van der Waals surface area contributed by atoms with Gasteiger partial charge in [0, 0.05) is 25.7 Å². The van der Waals surface area contributed by atoms with Gasteiger partial charge in [-0.3, -0.25) is 37.3 Å². The maximum absolute atomic E-state index is 13.1. The first-order valence-electron chi connectivity index (χ1n) is 38.8. The third-order valence-corrected chi connectivity index (χ3v) is 17.8. The number of phosphoric ester groups is 2. The zero-order chi connectivity index (χ0) is 73.2. The quantitative estimate of drug-likeness (QED) is 0.0169. The highest BCUT2D eigenvalue weighted by atomic mass is 31.2. The van der Waals surface area contributed by atoms with Gasteiger partial charge >= 0.3 is 39.5 Å². The molecule has 0 amide bonds. The molecule has 0 rings (SSSR count). The fraction of sp³-hybridized carbons (Fsp3) is 0.704. The van der Waals surface area contributed by atoms with Crippen LogP contribution in [0.2, 0.25) is 0 Å². The van der Waals surface area contributed by atoms with Crippen molar-refractivity contribution in [2.75, 3.05) is 39.6 Å². The van der Waals surface area contributed by atoms with Crippen LogP contribution >= 0.6 is 15.6 Å². The molecule has 0 aromatic carbocycles. The van der Waals surface area contributed by atoms with Crippen LogP contribution in [0.3, 0.4) is 0 Å². The smallest absolute Gasteiger partial charge is 0.462 e. The topological polar surface area (TPSA) is 237 Å². The summed E-state index contributed by atoms with van der Waals surface area (Å²) in [5, 5.41) is 10.6. The Morgan fingerprint density at radius 1 is 0.290 bits per heavy atom. The normalized spacial score (nSPS) is 14.6. The summed E-state index contributed by atoms with van der Waals surface area (Å²) in [5.74, 6) is -2.26. The molecule has 0 aliphatic carbocycles. The van der Waals surface area contributed by atoms with Gasteiger partial charge in [0.15, 0.2) is 12.2 Å². The lowest BCUT2D eigenvalue weighted by Crippen LogP contribution is -2.30. The maximum atomic E-state index is 13.1. The van der Waals surface area contributed by atoms with Crippen molar-refractivity contribution in [1.29, 1.82) is 0 Å². The van der Waals surface area contributed by atoms with E-state index in [-0.39, 0.29) is 25.7 Å². The number of carbonyl (C=O) groups is 4. The molecule has 0 aliphatic heterocycles. The van der Waals surface area contributed by atoms with Crippen LogP contribution in [-0.4, -0.2) is 96.7 Å². The van der Waals surface area contributed by atoms with E-state index >= 15 is 0 Å². The summed E-state index contributed by atoms with van der Waals surface area (Å²) in [6.07, 6.45) is 79.1. The summed E-state index contributed by atoms with van der Waals surface area (Å²) in [6.45, 7) is 4.51. The van der Waals surface area contributed by atoms with E-state index in [1.54, 1.807) is 0 Å². The van der Waals surface area contributed by atoms with Gasteiger partial charge < -0.3 is 33.8 Å². The highest BCUT2D eigenvalue weighted by molar-refractivity contribution is 7.47. The Hall–Kier alpha value is -4.54. The van der Waals surface area contributed by atoms with Gasteiger partial charge in [-0.2, -0.15) is 0 Å². The van der Waals surface area contributed by atoms with E-state index in [1.807, 2.05) is 12.2 Å². The molecule has 0 saturated heterocycles. The number of hydrogen-bond acceptors (Lipinski definition) is 15. The van der Waals surface area contributed by atoms with Crippen LogP contribution in [0.1, 0.15) is 310 Å². The molecule has 19 heteroatoms. The van der Waals surface area contributed by atoms with Gasteiger partial charge in [0.05, 0.1) is 26.4 Å². The zero-order valence-electron chi connectivity index (χ0n) is 62.6. The van der Waals surface area contributed by atoms with Gasteiger partial charge in [-0.25, -0.2) is 9.13 Å². The number of unbranched alkanes of at least 4 members (excludes halogenated alkanes) is 26. The molecule has 0 aromatic heterocycles. The Bertz CT molecular complexity index is 2370. The molecule has 574 valence electrons. The maximum Gasteiger partial charge on any atom is 0.472 e. The second-order valence-corrected chi connectivity index (χ2v) is 28.4. The van der Waals surface area contributed by atoms with Gasteiger partial charge in [0.1, 0.15) is 19.3 Å². The second-order valence-electron chi connectivity index (χ2n) is 25.5. The number of aliphatic hydroxyl groups excluding tert-OH is 1. The Kier molecular flexibility index (Phi) is 69.5. The molecule has 0 fully saturated rings. The second kappa shape index (κ2) is 72.8. The fourth-order valence-corrected chi connectivity index (χ4v) is 11.7. The summed E-state index contributed by atoms with van der Waals surface area (Å²) in [4.78, 5) is 72.9. The van der Waals surface area contributed by atoms with Crippen molar-refractivity contribution in [2.24, 2.45) is 0 Å². The number of ether oxygens (including phenoxy) is 4. The van der Waals surface area contributed by atoms with Gasteiger partial charge in [0.25, 0.3) is 0 Å². The van der Waals surface area contributed by atoms with Crippen molar-refractivity contribution in [2.45, 2.75) is 329 Å². The Balaban J connectivity index is 5.39. The third-order valence-electron chi connectivity index (χ3n) is 15.9. The van der Waals surface area contributed by atoms with E-state index in [4.69, 9.17) is 37.0 Å². The molecule has 0 radical (unpaired) electrons. The van der Waals surface area contributed by atoms with Gasteiger partial charge in [-0.15, -0.1) is 0 Å². The third kappa shape index (κ3) is 71.8. The van der Waals surface area contributed by atoms with Gasteiger partial charge in [0.2, 0.25) is 0 Å². The molecule has 0 aromatic rings. The largest absolute Gasteiger partial charge is 0.472 e. The Labute approximate surface area is 606 Å². The monoisotopic (exact) mass is 1440 g/mol. The molecule has 0 spiro atoms. The summed E-state index contributed by atoms with van der Waals surface area (Å²) in [5.41, 5.74) is 0. The molecule has 3 N–H and O–H groups in total. The van der Waals surface area contributed by atoms with E-state index in [0.29, 0.717) is 32.1 Å². The van der Waals surface area contributed by atoms with Gasteiger partial charge in [-0.1, -0.05) is 284 Å². The lowest BCUT2D eigenvalue weighted by atomic mass is 10.0. The van der Waals surface area contributed by atoms with E-state index < -0.39 is 97.5 Å². The number of aliphatic hydroxyl groups is 1. The minimum atomic E-state index is -4.99. The number of phosphoric acid groups is 2. The summed E-state index contributed by atoms with van der Waals surface area (Å²) < 4.78 is 68.4. The standard InChI is InChI=1S/C81H138O17P2/c1-5-9-13-17-21-25-29-33-35-37-39-43-45-49-53-57-61-65-78(83)91-71-76(97-80(85)67-63-59-55-51-47-41-31-27-23-19-15-11-7-3)73-95-99(87,88)93-69-75(82)70-94-100(89,90)96-74-77(98-81(86)68-64-60-56-52-48-42-32-28-24-20-16-12-8-4)72-92-79(84)66-62-58-54-50-46-44-40-38-36-34-30-26-22-18-14-10-6-2/h9-10,13-15,19,21-22,25-27,31,33-36,40,44,50,54,75-77,82H,5-8,11-12,16-18,20,23-24,28-30,32,37-39,41-43,45-49,51-53,55-74H2,1-4H3,(H,87,88)(H,89,90)/b13-9-,14-10-,19-15-,25-21-,26-22-,31-27-,35-33-,36-34-,44-40-,54-50-. The van der Waals surface area contributed by atoms with Crippen molar-refractivity contribution < 1.29 is 80.2 Å². The van der Waals surface area contributed by atoms with Crippen LogP contribution < -0.4 is 0 Å². The van der Waals surface area contributed by atoms with Crippen LogP contribution in [-0.2, 0) is 65.4 Å². The SMILES string of the molecule is CC/C=C\C/C=C\C/C=C\C/C=C\C/C=C\CCCC(=O)OCC(COP(=O)(O)OCC(O)COP(=O)(O)OCC(COC(=O)CCCCCCCCC/C=C\C/C=C\C/C=C\CC)OC(=O)CCCCCCC/C=C\C/C=C\CCC)OC(=O)CCCCCCCCCCCCCCC. The van der Waals surface area contributed by atoms with Crippen LogP contribution in [0, 0.1) is 0 Å². The van der Waals surface area contributed by atoms with Gasteiger partial charge in [-0.05, 0) is 122 Å². The predicted octanol–water partition coefficient (Wildman–Crippen LogP) is 22.3.